The fraction of sp³-hybridized carbons (Fsp3) is 0.273. The molecule has 0 saturated carbocycles. The second-order valence-electron chi connectivity index (χ2n) is 3.77. The maximum Gasteiger partial charge on any atom is 0.411 e. The van der Waals surface area contributed by atoms with Crippen LogP contribution >= 0.6 is 22.7 Å². The lowest BCUT2D eigenvalue weighted by molar-refractivity contribution is -0.288. The van der Waals surface area contributed by atoms with Crippen molar-refractivity contribution in [3.8, 4) is 0 Å². The summed E-state index contributed by atoms with van der Waals surface area (Å²) in [6, 6.07) is 1.73. The molecule has 2 aromatic rings. The van der Waals surface area contributed by atoms with Gasteiger partial charge < -0.3 is 0 Å². The largest absolute Gasteiger partial charge is 0.411 e. The molecule has 8 heteroatoms. The van der Waals surface area contributed by atoms with E-state index < -0.39 is 28.9 Å². The van der Waals surface area contributed by atoms with Gasteiger partial charge in [-0.25, -0.2) is 0 Å². The number of hydrogen-bond acceptors (Lipinski definition) is 2. The Morgan fingerprint density at radius 2 is 1.05 bits per heavy atom. The highest BCUT2D eigenvalue weighted by atomic mass is 32.1. The van der Waals surface area contributed by atoms with Crippen molar-refractivity contribution in [1.29, 1.82) is 0 Å². The molecule has 0 nitrogen and oxygen atoms in total. The van der Waals surface area contributed by atoms with Gasteiger partial charge in [0.05, 0.1) is 0 Å². The second kappa shape index (κ2) is 4.52. The van der Waals surface area contributed by atoms with E-state index in [1.807, 2.05) is 0 Å². The highest BCUT2D eigenvalue weighted by Crippen LogP contribution is 2.56. The van der Waals surface area contributed by atoms with Crippen LogP contribution in [-0.4, -0.2) is 12.4 Å². The summed E-state index contributed by atoms with van der Waals surface area (Å²) in [7, 11) is 0. The lowest BCUT2D eigenvalue weighted by Gasteiger charge is -2.36. The van der Waals surface area contributed by atoms with Crippen molar-refractivity contribution >= 4 is 22.7 Å². The monoisotopic (exact) mass is 316 g/mol. The highest BCUT2D eigenvalue weighted by Gasteiger charge is 2.72. The Labute approximate surface area is 112 Å². The number of alkyl halides is 6. The molecule has 0 N–H and O–H groups in total. The first kappa shape index (κ1) is 14.4. The molecule has 19 heavy (non-hydrogen) atoms. The smallest absolute Gasteiger partial charge is 0.169 e. The molecule has 2 rings (SSSR count). The van der Waals surface area contributed by atoms with E-state index in [2.05, 4.69) is 0 Å². The zero-order valence-corrected chi connectivity index (χ0v) is 10.7. The molecule has 2 heterocycles. The van der Waals surface area contributed by atoms with Crippen LogP contribution in [0.2, 0.25) is 0 Å². The van der Waals surface area contributed by atoms with Gasteiger partial charge in [-0.05, 0) is 44.8 Å². The maximum atomic E-state index is 13.3. The van der Waals surface area contributed by atoms with Gasteiger partial charge in [0.1, 0.15) is 0 Å². The summed E-state index contributed by atoms with van der Waals surface area (Å²) in [6.07, 6.45) is -10.9. The Morgan fingerprint density at radius 1 is 0.684 bits per heavy atom. The van der Waals surface area contributed by atoms with Crippen LogP contribution < -0.4 is 0 Å². The lowest BCUT2D eigenvalue weighted by Crippen LogP contribution is -2.54. The Balaban J connectivity index is 2.81. The van der Waals surface area contributed by atoms with E-state index in [4.69, 9.17) is 0 Å². The molecule has 0 bridgehead atoms. The van der Waals surface area contributed by atoms with Crippen molar-refractivity contribution in [2.24, 2.45) is 0 Å². The van der Waals surface area contributed by atoms with Crippen LogP contribution in [0, 0.1) is 0 Å². The van der Waals surface area contributed by atoms with Gasteiger partial charge >= 0.3 is 12.4 Å². The number of hydrogen-bond donors (Lipinski definition) is 0. The topological polar surface area (TPSA) is 0 Å². The third-order valence-corrected chi connectivity index (χ3v) is 4.13. The highest BCUT2D eigenvalue weighted by molar-refractivity contribution is 7.08. The van der Waals surface area contributed by atoms with E-state index in [1.165, 1.54) is 10.8 Å². The molecule has 0 saturated heterocycles. The van der Waals surface area contributed by atoms with Crippen molar-refractivity contribution in [1.82, 2.24) is 0 Å². The van der Waals surface area contributed by atoms with Gasteiger partial charge in [-0.3, -0.25) is 0 Å². The fourth-order valence-electron chi connectivity index (χ4n) is 1.94. The van der Waals surface area contributed by atoms with Gasteiger partial charge in [-0.2, -0.15) is 49.0 Å². The average molecular weight is 316 g/mol. The quantitative estimate of drug-likeness (QED) is 0.666. The van der Waals surface area contributed by atoms with Gasteiger partial charge in [0.2, 0.25) is 5.41 Å². The molecule has 0 aliphatic rings. The van der Waals surface area contributed by atoms with Gasteiger partial charge in [0, 0.05) is 0 Å². The molecule has 0 aliphatic heterocycles. The fourth-order valence-corrected chi connectivity index (χ4v) is 3.35. The van der Waals surface area contributed by atoms with E-state index >= 15 is 0 Å². The number of halogens is 6. The summed E-state index contributed by atoms with van der Waals surface area (Å²) in [5, 5.41) is 4.18. The molecule has 0 aliphatic carbocycles. The van der Waals surface area contributed by atoms with Crippen molar-refractivity contribution in [3.05, 3.63) is 44.8 Å². The lowest BCUT2D eigenvalue weighted by atomic mass is 9.75. The summed E-state index contributed by atoms with van der Waals surface area (Å²) >= 11 is 1.60. The minimum Gasteiger partial charge on any atom is -0.169 e. The third-order valence-electron chi connectivity index (χ3n) is 2.76. The maximum absolute atomic E-state index is 13.3. The van der Waals surface area contributed by atoms with Crippen LogP contribution in [-0.2, 0) is 5.41 Å². The van der Waals surface area contributed by atoms with E-state index in [1.54, 1.807) is 0 Å². The van der Waals surface area contributed by atoms with Crippen molar-refractivity contribution < 1.29 is 26.3 Å². The molecular formula is C11H6F6S2. The second-order valence-corrected chi connectivity index (χ2v) is 5.33. The Hall–Kier alpha value is -1.02. The van der Waals surface area contributed by atoms with Gasteiger partial charge in [0.15, 0.2) is 0 Å². The SMILES string of the molecule is FC(F)(F)C(c1ccsc1)(c1ccsc1)C(F)(F)F. The Morgan fingerprint density at radius 3 is 1.26 bits per heavy atom. The summed E-state index contributed by atoms with van der Waals surface area (Å²) in [4.78, 5) is 0. The van der Waals surface area contributed by atoms with E-state index in [-0.39, 0.29) is 0 Å². The average Bonchev–Trinajstić information content (AvgIpc) is 2.85. The van der Waals surface area contributed by atoms with Gasteiger partial charge in [-0.15, -0.1) is 0 Å². The molecule has 0 spiro atoms. The molecule has 104 valence electrons. The minimum atomic E-state index is -5.46. The molecule has 0 radical (unpaired) electrons. The molecule has 2 aromatic heterocycles. The molecule has 0 atom stereocenters. The van der Waals surface area contributed by atoms with Gasteiger partial charge in [-0.1, -0.05) is 0 Å². The standard InChI is InChI=1S/C11H6F6S2/c12-10(13,14)9(11(15,16)17,7-1-3-18-5-7)8-2-4-19-6-8/h1-6H. The molecule has 0 fully saturated rings. The summed E-state index contributed by atoms with van der Waals surface area (Å²) in [5.74, 6) is 0. The third kappa shape index (κ3) is 2.06. The predicted octanol–water partition coefficient (Wildman–Crippen LogP) is 5.22. The number of rotatable bonds is 2. The Kier molecular flexibility index (Phi) is 3.42. The number of thiophene rings is 2. The van der Waals surface area contributed by atoms with E-state index in [0.29, 0.717) is 0 Å². The molecule has 0 unspecified atom stereocenters. The predicted molar refractivity (Wildman–Crippen MR) is 61.5 cm³/mol. The summed E-state index contributed by atoms with van der Waals surface area (Å²) in [5.41, 5.74) is -5.55. The van der Waals surface area contributed by atoms with Crippen LogP contribution in [0.1, 0.15) is 11.1 Å². The Bertz CT molecular complexity index is 470. The zero-order valence-electron chi connectivity index (χ0n) is 9.05. The van der Waals surface area contributed by atoms with Crippen LogP contribution in [0.15, 0.2) is 33.7 Å². The van der Waals surface area contributed by atoms with Crippen LogP contribution in [0.25, 0.3) is 0 Å². The first-order valence-corrected chi connectivity index (χ1v) is 6.78. The van der Waals surface area contributed by atoms with E-state index in [9.17, 15) is 26.3 Å². The normalized spacial score (nSPS) is 13.8. The van der Waals surface area contributed by atoms with Gasteiger partial charge in [0.25, 0.3) is 0 Å². The van der Waals surface area contributed by atoms with Crippen molar-refractivity contribution in [3.63, 3.8) is 0 Å². The first-order chi connectivity index (χ1) is 8.71. The minimum absolute atomic E-state index is 0.795. The van der Waals surface area contributed by atoms with Crippen molar-refractivity contribution in [2.75, 3.05) is 0 Å². The molecule has 0 amide bonds. The van der Waals surface area contributed by atoms with Crippen LogP contribution in [0.4, 0.5) is 26.3 Å². The van der Waals surface area contributed by atoms with Crippen LogP contribution in [0.3, 0.4) is 0 Å². The first-order valence-electron chi connectivity index (χ1n) is 4.90. The van der Waals surface area contributed by atoms with Crippen molar-refractivity contribution in [2.45, 2.75) is 17.8 Å². The zero-order chi connectivity index (χ0) is 14.3. The summed E-state index contributed by atoms with van der Waals surface area (Å²) < 4.78 is 79.7. The van der Waals surface area contributed by atoms with Crippen LogP contribution in [0.5, 0.6) is 0 Å². The summed E-state index contributed by atoms with van der Waals surface area (Å²) in [6.45, 7) is 0. The van der Waals surface area contributed by atoms with E-state index in [0.717, 1.165) is 45.6 Å². The molecule has 0 aromatic carbocycles. The molecular weight excluding hydrogens is 310 g/mol.